The molecule has 0 aliphatic carbocycles. The van der Waals surface area contributed by atoms with Gasteiger partial charge in [-0.2, -0.15) is 0 Å². The van der Waals surface area contributed by atoms with Crippen molar-refractivity contribution in [2.45, 2.75) is 4.90 Å². The number of hydrogen-bond acceptors (Lipinski definition) is 6. The fraction of sp³-hybridized carbons (Fsp3) is 0. The van der Waals surface area contributed by atoms with E-state index in [1.54, 1.807) is 0 Å². The van der Waals surface area contributed by atoms with Crippen molar-refractivity contribution in [1.82, 2.24) is 0 Å². The number of primary sulfonamides is 1. The number of rotatable bonds is 2. The van der Waals surface area contributed by atoms with Crippen LogP contribution in [0.4, 0.5) is 5.69 Å². The Hall–Kier alpha value is -1.87. The van der Waals surface area contributed by atoms with Crippen molar-refractivity contribution < 1.29 is 23.6 Å². The van der Waals surface area contributed by atoms with Gasteiger partial charge in [-0.1, -0.05) is 0 Å². The normalized spacial score (nSPS) is 11.3. The van der Waals surface area contributed by atoms with E-state index in [4.69, 9.17) is 15.4 Å². The van der Waals surface area contributed by atoms with Crippen LogP contribution >= 0.6 is 0 Å². The zero-order valence-electron chi connectivity index (χ0n) is 7.11. The first-order valence-electron chi connectivity index (χ1n) is 3.46. The van der Waals surface area contributed by atoms with Crippen LogP contribution in [-0.4, -0.2) is 23.6 Å². The minimum atomic E-state index is -4.17. The lowest BCUT2D eigenvalue weighted by molar-refractivity contribution is -0.386. The molecule has 1 rings (SSSR count). The Morgan fingerprint density at radius 2 is 1.87 bits per heavy atom. The van der Waals surface area contributed by atoms with Crippen LogP contribution in [0.15, 0.2) is 17.0 Å². The number of aromatic hydroxyl groups is 2. The van der Waals surface area contributed by atoms with Crippen molar-refractivity contribution in [3.05, 3.63) is 22.2 Å². The van der Waals surface area contributed by atoms with Gasteiger partial charge in [-0.15, -0.1) is 0 Å². The van der Waals surface area contributed by atoms with E-state index in [0.29, 0.717) is 12.1 Å². The van der Waals surface area contributed by atoms with Crippen LogP contribution in [0.2, 0.25) is 0 Å². The maximum atomic E-state index is 10.8. The second-order valence-corrected chi connectivity index (χ2v) is 4.17. The van der Waals surface area contributed by atoms with Gasteiger partial charge in [0, 0.05) is 12.1 Å². The molecule has 0 bridgehead atoms. The Bertz CT molecular complexity index is 523. The number of nitrogens with zero attached hydrogens (tertiary/aromatic N) is 1. The Kier molecular flexibility index (Phi) is 2.51. The van der Waals surface area contributed by atoms with Gasteiger partial charge in [-0.05, 0) is 0 Å². The number of nitro groups is 1. The molecule has 0 unspecified atom stereocenters. The number of nitrogens with two attached hydrogens (primary N) is 1. The van der Waals surface area contributed by atoms with E-state index in [1.807, 2.05) is 0 Å². The van der Waals surface area contributed by atoms with Gasteiger partial charge in [0.15, 0.2) is 5.75 Å². The third-order valence-corrected chi connectivity index (χ3v) is 2.46. The second kappa shape index (κ2) is 3.37. The van der Waals surface area contributed by atoms with Crippen LogP contribution in [0.3, 0.4) is 0 Å². The number of phenols is 2. The number of sulfonamides is 1. The molecule has 8 nitrogen and oxygen atoms in total. The Balaban J connectivity index is 3.57. The van der Waals surface area contributed by atoms with E-state index in [9.17, 15) is 18.5 Å². The molecule has 1 aromatic rings. The molecule has 9 heteroatoms. The second-order valence-electron chi connectivity index (χ2n) is 2.61. The van der Waals surface area contributed by atoms with Crippen LogP contribution in [0.1, 0.15) is 0 Å². The molecular weight excluding hydrogens is 228 g/mol. The zero-order valence-corrected chi connectivity index (χ0v) is 7.93. The quantitative estimate of drug-likeness (QED) is 0.362. The van der Waals surface area contributed by atoms with Crippen LogP contribution in [0.25, 0.3) is 0 Å². The molecule has 0 aliphatic heterocycles. The molecule has 0 fully saturated rings. The summed E-state index contributed by atoms with van der Waals surface area (Å²) in [6, 6.07) is 1.18. The van der Waals surface area contributed by atoms with E-state index < -0.39 is 37.0 Å². The summed E-state index contributed by atoms with van der Waals surface area (Å²) in [5.74, 6) is -1.93. The van der Waals surface area contributed by atoms with Gasteiger partial charge in [0.05, 0.1) is 9.82 Å². The van der Waals surface area contributed by atoms with E-state index in [2.05, 4.69) is 0 Å². The summed E-state index contributed by atoms with van der Waals surface area (Å²) >= 11 is 0. The summed E-state index contributed by atoms with van der Waals surface area (Å²) in [5.41, 5.74) is -0.931. The first-order chi connectivity index (χ1) is 6.73. The summed E-state index contributed by atoms with van der Waals surface area (Å²) in [6.45, 7) is 0. The summed E-state index contributed by atoms with van der Waals surface area (Å²) in [5, 5.41) is 33.1. The van der Waals surface area contributed by atoms with Crippen molar-refractivity contribution in [1.29, 1.82) is 0 Å². The standard InChI is InChI=1S/C6H6N2O6S/c7-15(13,14)3-1-4(8(11)12)6(10)5(9)2-3/h1-2,9-10H,(H2,7,13,14). The summed E-state index contributed by atoms with van der Waals surface area (Å²) in [6.07, 6.45) is 0. The van der Waals surface area contributed by atoms with Crippen LogP contribution in [-0.2, 0) is 10.0 Å². The average molecular weight is 234 g/mol. The van der Waals surface area contributed by atoms with Gasteiger partial charge >= 0.3 is 5.69 Å². The first kappa shape index (κ1) is 11.2. The minimum absolute atomic E-state index is 0.560. The molecule has 1 aromatic carbocycles. The summed E-state index contributed by atoms with van der Waals surface area (Å²) < 4.78 is 21.7. The maximum absolute atomic E-state index is 10.8. The highest BCUT2D eigenvalue weighted by Gasteiger charge is 2.22. The molecule has 4 N–H and O–H groups in total. The van der Waals surface area contributed by atoms with Crippen molar-refractivity contribution >= 4 is 15.7 Å². The smallest absolute Gasteiger partial charge is 0.316 e. The van der Waals surface area contributed by atoms with Crippen LogP contribution < -0.4 is 5.14 Å². The largest absolute Gasteiger partial charge is 0.504 e. The molecule has 0 aromatic heterocycles. The monoisotopic (exact) mass is 234 g/mol. The molecule has 0 radical (unpaired) electrons. The predicted molar refractivity (Wildman–Crippen MR) is 47.8 cm³/mol. The lowest BCUT2D eigenvalue weighted by Crippen LogP contribution is -2.12. The lowest BCUT2D eigenvalue weighted by atomic mass is 10.3. The number of benzene rings is 1. The number of nitro benzene ring substituents is 1. The van der Waals surface area contributed by atoms with Gasteiger partial charge in [0.1, 0.15) is 0 Å². The van der Waals surface area contributed by atoms with Crippen molar-refractivity contribution in [3.63, 3.8) is 0 Å². The highest BCUT2D eigenvalue weighted by Crippen LogP contribution is 2.36. The van der Waals surface area contributed by atoms with Crippen LogP contribution in [0.5, 0.6) is 11.5 Å². The molecule has 0 amide bonds. The topological polar surface area (TPSA) is 144 Å². The molecule has 0 saturated heterocycles. The molecule has 0 atom stereocenters. The lowest BCUT2D eigenvalue weighted by Gasteiger charge is -2.02. The van der Waals surface area contributed by atoms with E-state index in [0.717, 1.165) is 0 Å². The predicted octanol–water partition coefficient (Wildman–Crippen LogP) is -0.347. The fourth-order valence-electron chi connectivity index (χ4n) is 0.883. The minimum Gasteiger partial charge on any atom is -0.504 e. The molecule has 82 valence electrons. The highest BCUT2D eigenvalue weighted by atomic mass is 32.2. The third kappa shape index (κ3) is 2.14. The van der Waals surface area contributed by atoms with Gasteiger partial charge in [-0.25, -0.2) is 13.6 Å². The van der Waals surface area contributed by atoms with Crippen LogP contribution in [0, 0.1) is 10.1 Å². The van der Waals surface area contributed by atoms with Gasteiger partial charge in [0.25, 0.3) is 0 Å². The Labute approximate surface area is 83.8 Å². The molecular formula is C6H6N2O6S. The Morgan fingerprint density at radius 1 is 1.33 bits per heavy atom. The van der Waals surface area contributed by atoms with Gasteiger partial charge in [-0.3, -0.25) is 10.1 Å². The Morgan fingerprint density at radius 3 is 2.27 bits per heavy atom. The van der Waals surface area contributed by atoms with E-state index >= 15 is 0 Å². The van der Waals surface area contributed by atoms with E-state index in [-0.39, 0.29) is 0 Å². The molecule has 0 aliphatic rings. The fourth-order valence-corrected chi connectivity index (χ4v) is 1.43. The third-order valence-electron chi connectivity index (χ3n) is 1.57. The average Bonchev–Trinajstić information content (AvgIpc) is 2.06. The van der Waals surface area contributed by atoms with E-state index in [1.165, 1.54) is 0 Å². The number of phenolic OH excluding ortho intramolecular Hbond substituents is 2. The number of hydrogen-bond donors (Lipinski definition) is 3. The molecule has 0 spiro atoms. The SMILES string of the molecule is NS(=O)(=O)c1cc(O)c(O)c([N+](=O)[O-])c1. The van der Waals surface area contributed by atoms with Crippen molar-refractivity contribution in [2.24, 2.45) is 5.14 Å². The van der Waals surface area contributed by atoms with Gasteiger partial charge in [0.2, 0.25) is 15.8 Å². The van der Waals surface area contributed by atoms with Gasteiger partial charge < -0.3 is 10.2 Å². The van der Waals surface area contributed by atoms with Crippen molar-refractivity contribution in [2.75, 3.05) is 0 Å². The highest BCUT2D eigenvalue weighted by molar-refractivity contribution is 7.89. The maximum Gasteiger partial charge on any atom is 0.316 e. The molecule has 0 saturated carbocycles. The summed E-state index contributed by atoms with van der Waals surface area (Å²) in [7, 11) is -4.17. The summed E-state index contributed by atoms with van der Waals surface area (Å²) in [4.78, 5) is 8.67. The molecule has 0 heterocycles. The molecule has 15 heavy (non-hydrogen) atoms. The first-order valence-corrected chi connectivity index (χ1v) is 5.01. The van der Waals surface area contributed by atoms with Crippen molar-refractivity contribution in [3.8, 4) is 11.5 Å². The zero-order chi connectivity index (χ0) is 11.8.